The summed E-state index contributed by atoms with van der Waals surface area (Å²) in [5.74, 6) is 0.892. The lowest BCUT2D eigenvalue weighted by Crippen LogP contribution is -2.50. The van der Waals surface area contributed by atoms with Gasteiger partial charge in [0.25, 0.3) is 10.2 Å². The molecule has 2 saturated heterocycles. The molecule has 2 N–H and O–H groups in total. The van der Waals surface area contributed by atoms with Crippen molar-refractivity contribution >= 4 is 10.2 Å². The highest BCUT2D eigenvalue weighted by atomic mass is 32.2. The van der Waals surface area contributed by atoms with Crippen LogP contribution in [0.1, 0.15) is 33.1 Å². The molecule has 0 aromatic carbocycles. The lowest BCUT2D eigenvalue weighted by molar-refractivity contribution is 0.180. The monoisotopic (exact) mass is 319 g/mol. The number of nitrogens with one attached hydrogen (secondary N) is 2. The highest BCUT2D eigenvalue weighted by molar-refractivity contribution is 7.87. The van der Waals surface area contributed by atoms with Crippen LogP contribution in [0.15, 0.2) is 0 Å². The van der Waals surface area contributed by atoms with E-state index >= 15 is 0 Å². The molecule has 2 unspecified atom stereocenters. The van der Waals surface area contributed by atoms with Gasteiger partial charge in [-0.2, -0.15) is 17.4 Å². The maximum atomic E-state index is 12.4. The minimum atomic E-state index is -3.36. The molecule has 0 radical (unpaired) electrons. The summed E-state index contributed by atoms with van der Waals surface area (Å²) in [6, 6.07) is -0.0584. The second-order valence-electron chi connectivity index (χ2n) is 6.19. The predicted molar refractivity (Wildman–Crippen MR) is 83.3 cm³/mol. The van der Waals surface area contributed by atoms with Crippen LogP contribution in [-0.2, 0) is 14.9 Å². The Balaban J connectivity index is 1.80. The molecule has 0 aliphatic carbocycles. The Morgan fingerprint density at radius 1 is 1.29 bits per heavy atom. The van der Waals surface area contributed by atoms with E-state index in [9.17, 15) is 8.42 Å². The lowest BCUT2D eigenvalue weighted by Gasteiger charge is -2.32. The van der Waals surface area contributed by atoms with Gasteiger partial charge in [0.1, 0.15) is 0 Å². The van der Waals surface area contributed by atoms with Gasteiger partial charge >= 0.3 is 0 Å². The molecule has 0 aromatic rings. The first kappa shape index (κ1) is 17.1. The van der Waals surface area contributed by atoms with Crippen molar-refractivity contribution in [2.45, 2.75) is 39.2 Å². The molecule has 2 fully saturated rings. The summed E-state index contributed by atoms with van der Waals surface area (Å²) < 4.78 is 34.6. The van der Waals surface area contributed by atoms with E-state index in [0.29, 0.717) is 31.5 Å². The van der Waals surface area contributed by atoms with Crippen molar-refractivity contribution in [2.75, 3.05) is 39.4 Å². The van der Waals surface area contributed by atoms with Crippen LogP contribution in [0.25, 0.3) is 0 Å². The van der Waals surface area contributed by atoms with Crippen molar-refractivity contribution in [3.05, 3.63) is 0 Å². The normalized spacial score (nSPS) is 27.0. The summed E-state index contributed by atoms with van der Waals surface area (Å²) in [6.07, 6.45) is 2.82. The van der Waals surface area contributed by atoms with Crippen molar-refractivity contribution in [3.8, 4) is 0 Å². The van der Waals surface area contributed by atoms with E-state index in [1.54, 1.807) is 4.31 Å². The van der Waals surface area contributed by atoms with Crippen LogP contribution in [0.4, 0.5) is 0 Å². The van der Waals surface area contributed by atoms with E-state index < -0.39 is 10.2 Å². The number of nitrogens with zero attached hydrogens (tertiary/aromatic N) is 1. The van der Waals surface area contributed by atoms with Crippen LogP contribution in [0, 0.1) is 11.8 Å². The molecule has 124 valence electrons. The lowest BCUT2D eigenvalue weighted by atomic mass is 9.98. The van der Waals surface area contributed by atoms with Crippen LogP contribution in [0.2, 0.25) is 0 Å². The number of hydrogen-bond donors (Lipinski definition) is 2. The molecule has 21 heavy (non-hydrogen) atoms. The van der Waals surface area contributed by atoms with Gasteiger partial charge in [-0.05, 0) is 45.2 Å². The predicted octanol–water partition coefficient (Wildman–Crippen LogP) is 0.567. The first-order valence-electron chi connectivity index (χ1n) is 8.08. The first-order chi connectivity index (χ1) is 10.0. The molecule has 7 heteroatoms. The zero-order chi connectivity index (χ0) is 15.3. The van der Waals surface area contributed by atoms with Crippen molar-refractivity contribution in [1.82, 2.24) is 14.3 Å². The Hall–Kier alpha value is -0.210. The third-order valence-corrected chi connectivity index (χ3v) is 6.32. The third kappa shape index (κ3) is 4.89. The van der Waals surface area contributed by atoms with Gasteiger partial charge in [-0.1, -0.05) is 6.92 Å². The smallest absolute Gasteiger partial charge is 0.279 e. The van der Waals surface area contributed by atoms with Gasteiger partial charge in [-0.25, -0.2) is 0 Å². The van der Waals surface area contributed by atoms with Gasteiger partial charge in [0.15, 0.2) is 0 Å². The van der Waals surface area contributed by atoms with Crippen LogP contribution < -0.4 is 10.0 Å². The average Bonchev–Trinajstić information content (AvgIpc) is 2.99. The van der Waals surface area contributed by atoms with Crippen LogP contribution in [0.3, 0.4) is 0 Å². The van der Waals surface area contributed by atoms with Gasteiger partial charge in [0, 0.05) is 31.7 Å². The highest BCUT2D eigenvalue weighted by Crippen LogP contribution is 2.21. The topological polar surface area (TPSA) is 70.7 Å². The van der Waals surface area contributed by atoms with E-state index in [4.69, 9.17) is 4.74 Å². The van der Waals surface area contributed by atoms with Crippen molar-refractivity contribution < 1.29 is 13.2 Å². The molecular formula is C14H29N3O3S. The molecule has 2 heterocycles. The maximum Gasteiger partial charge on any atom is 0.279 e. The molecule has 0 bridgehead atoms. The summed E-state index contributed by atoms with van der Waals surface area (Å²) in [6.45, 7) is 8.65. The summed E-state index contributed by atoms with van der Waals surface area (Å²) in [4.78, 5) is 0. The molecule has 0 amide bonds. The SMILES string of the molecule is CCNCC1CCN(S(=O)(=O)NC(C)C2CCOC2)CC1. The quantitative estimate of drug-likeness (QED) is 0.720. The Kier molecular flexibility index (Phi) is 6.43. The van der Waals surface area contributed by atoms with E-state index in [1.165, 1.54) is 0 Å². The van der Waals surface area contributed by atoms with Gasteiger partial charge in [0.2, 0.25) is 0 Å². The Morgan fingerprint density at radius 2 is 2.00 bits per heavy atom. The molecule has 0 saturated carbocycles. The number of hydrogen-bond acceptors (Lipinski definition) is 4. The Bertz CT molecular complexity index is 402. The zero-order valence-electron chi connectivity index (χ0n) is 13.2. The average molecular weight is 319 g/mol. The van der Waals surface area contributed by atoms with Gasteiger partial charge < -0.3 is 10.1 Å². The molecule has 0 spiro atoms. The van der Waals surface area contributed by atoms with Crippen molar-refractivity contribution in [2.24, 2.45) is 11.8 Å². The summed E-state index contributed by atoms with van der Waals surface area (Å²) in [5, 5.41) is 3.34. The van der Waals surface area contributed by atoms with Crippen molar-refractivity contribution in [1.29, 1.82) is 0 Å². The molecule has 6 nitrogen and oxygen atoms in total. The number of piperidine rings is 1. The fraction of sp³-hybridized carbons (Fsp3) is 1.00. The van der Waals surface area contributed by atoms with Crippen LogP contribution in [0.5, 0.6) is 0 Å². The van der Waals surface area contributed by atoms with Gasteiger partial charge in [0.05, 0.1) is 6.61 Å². The minimum absolute atomic E-state index is 0.0584. The second-order valence-corrected chi connectivity index (χ2v) is 7.89. The largest absolute Gasteiger partial charge is 0.381 e. The number of rotatable bonds is 7. The Labute approximate surface area is 128 Å². The second kappa shape index (κ2) is 7.87. The van der Waals surface area contributed by atoms with E-state index in [1.807, 2.05) is 6.92 Å². The Morgan fingerprint density at radius 3 is 2.57 bits per heavy atom. The van der Waals surface area contributed by atoms with Gasteiger partial charge in [-0.15, -0.1) is 0 Å². The molecule has 0 aromatic heterocycles. The van der Waals surface area contributed by atoms with E-state index in [0.717, 1.165) is 39.0 Å². The summed E-state index contributed by atoms with van der Waals surface area (Å²) in [7, 11) is -3.36. The van der Waals surface area contributed by atoms with Crippen LogP contribution >= 0.6 is 0 Å². The summed E-state index contributed by atoms with van der Waals surface area (Å²) >= 11 is 0. The minimum Gasteiger partial charge on any atom is -0.381 e. The molecule has 2 aliphatic rings. The fourth-order valence-corrected chi connectivity index (χ4v) is 4.56. The standard InChI is InChI=1S/C14H29N3O3S/c1-3-15-10-13-4-7-17(8-5-13)21(18,19)16-12(2)14-6-9-20-11-14/h12-16H,3-11H2,1-2H3. The molecule has 2 atom stereocenters. The molecular weight excluding hydrogens is 290 g/mol. The highest BCUT2D eigenvalue weighted by Gasteiger charge is 2.31. The zero-order valence-corrected chi connectivity index (χ0v) is 14.0. The van der Waals surface area contributed by atoms with Gasteiger partial charge in [-0.3, -0.25) is 0 Å². The summed E-state index contributed by atoms with van der Waals surface area (Å²) in [5.41, 5.74) is 0. The molecule has 2 rings (SSSR count). The maximum absolute atomic E-state index is 12.4. The van der Waals surface area contributed by atoms with Crippen molar-refractivity contribution in [3.63, 3.8) is 0 Å². The molecule has 2 aliphatic heterocycles. The fourth-order valence-electron chi connectivity index (χ4n) is 3.05. The first-order valence-corrected chi connectivity index (χ1v) is 9.52. The van der Waals surface area contributed by atoms with E-state index in [2.05, 4.69) is 17.0 Å². The van der Waals surface area contributed by atoms with E-state index in [-0.39, 0.29) is 6.04 Å². The number of ether oxygens (including phenoxy) is 1. The third-order valence-electron chi connectivity index (χ3n) is 4.60. The van der Waals surface area contributed by atoms with Crippen LogP contribution in [-0.4, -0.2) is 58.2 Å².